The van der Waals surface area contributed by atoms with Crippen molar-refractivity contribution >= 4 is 17.3 Å². The molecule has 0 heterocycles. The van der Waals surface area contributed by atoms with Gasteiger partial charge in [0.05, 0.1) is 5.56 Å². The molecular formula is C14H21N3O. The van der Waals surface area contributed by atoms with E-state index in [-0.39, 0.29) is 5.91 Å². The van der Waals surface area contributed by atoms with Crippen LogP contribution in [0.5, 0.6) is 0 Å². The lowest BCUT2D eigenvalue weighted by molar-refractivity contribution is 0.0828. The number of nitrogens with one attached hydrogen (secondary N) is 1. The van der Waals surface area contributed by atoms with E-state index in [4.69, 9.17) is 5.73 Å². The minimum absolute atomic E-state index is 0.00363. The Kier molecular flexibility index (Phi) is 3.75. The lowest BCUT2D eigenvalue weighted by Crippen LogP contribution is -2.23. The van der Waals surface area contributed by atoms with Crippen LogP contribution < -0.4 is 11.1 Å². The van der Waals surface area contributed by atoms with Crippen LogP contribution in [0, 0.1) is 5.92 Å². The zero-order valence-corrected chi connectivity index (χ0v) is 11.1. The van der Waals surface area contributed by atoms with E-state index in [9.17, 15) is 4.79 Å². The molecule has 1 saturated carbocycles. The summed E-state index contributed by atoms with van der Waals surface area (Å²) in [5.74, 6) is 0.885. The van der Waals surface area contributed by atoms with Gasteiger partial charge >= 0.3 is 0 Å². The molecule has 3 N–H and O–H groups in total. The quantitative estimate of drug-likeness (QED) is 0.784. The number of rotatable bonds is 5. The van der Waals surface area contributed by atoms with Crippen molar-refractivity contribution in [3.8, 4) is 0 Å². The van der Waals surface area contributed by atoms with Crippen molar-refractivity contribution in [2.24, 2.45) is 5.92 Å². The van der Waals surface area contributed by atoms with Crippen molar-refractivity contribution in [1.82, 2.24) is 4.90 Å². The fraction of sp³-hybridized carbons (Fsp3) is 0.500. The second-order valence-corrected chi connectivity index (χ2v) is 5.16. The molecule has 1 aromatic carbocycles. The highest BCUT2D eigenvalue weighted by Gasteiger charge is 2.20. The summed E-state index contributed by atoms with van der Waals surface area (Å²) in [6, 6.07) is 5.39. The van der Waals surface area contributed by atoms with E-state index >= 15 is 0 Å². The fourth-order valence-corrected chi connectivity index (χ4v) is 1.95. The van der Waals surface area contributed by atoms with E-state index in [2.05, 4.69) is 5.32 Å². The first-order valence-electron chi connectivity index (χ1n) is 6.43. The van der Waals surface area contributed by atoms with Crippen LogP contribution in [0.15, 0.2) is 18.2 Å². The molecule has 0 aromatic heterocycles. The number of nitrogen functional groups attached to an aromatic ring is 1. The third kappa shape index (κ3) is 3.15. The molecule has 0 bridgehead atoms. The van der Waals surface area contributed by atoms with Crippen molar-refractivity contribution in [1.29, 1.82) is 0 Å². The summed E-state index contributed by atoms with van der Waals surface area (Å²) in [6.45, 7) is 0.905. The summed E-state index contributed by atoms with van der Waals surface area (Å²) in [4.78, 5) is 13.6. The number of anilines is 2. The van der Waals surface area contributed by atoms with Gasteiger partial charge in [0.25, 0.3) is 5.91 Å². The molecule has 1 aromatic rings. The first kappa shape index (κ1) is 12.7. The summed E-state index contributed by atoms with van der Waals surface area (Å²) in [6.07, 6.45) is 3.87. The van der Waals surface area contributed by atoms with Crippen LogP contribution in [0.4, 0.5) is 11.4 Å². The number of nitrogens with zero attached hydrogens (tertiary/aromatic N) is 1. The Morgan fingerprint density at radius 2 is 2.17 bits per heavy atom. The van der Waals surface area contributed by atoms with E-state index in [0.29, 0.717) is 11.3 Å². The lowest BCUT2D eigenvalue weighted by Gasteiger charge is -2.16. The summed E-state index contributed by atoms with van der Waals surface area (Å²) in [7, 11) is 3.51. The van der Waals surface area contributed by atoms with Crippen molar-refractivity contribution in [2.45, 2.75) is 19.3 Å². The SMILES string of the molecule is CN(C)C(=O)c1ccc(N)cc1NCCC1CC1. The maximum absolute atomic E-state index is 12.0. The van der Waals surface area contributed by atoms with Gasteiger partial charge in [0.2, 0.25) is 0 Å². The molecule has 4 heteroatoms. The van der Waals surface area contributed by atoms with Crippen molar-refractivity contribution in [3.63, 3.8) is 0 Å². The molecule has 4 nitrogen and oxygen atoms in total. The molecule has 0 aliphatic heterocycles. The molecule has 0 saturated heterocycles. The van der Waals surface area contributed by atoms with Gasteiger partial charge in [-0.05, 0) is 30.5 Å². The predicted octanol–water partition coefficient (Wildman–Crippen LogP) is 2.18. The normalized spacial score (nSPS) is 14.3. The zero-order chi connectivity index (χ0) is 13.1. The van der Waals surface area contributed by atoms with E-state index in [1.807, 2.05) is 6.07 Å². The van der Waals surface area contributed by atoms with Crippen LogP contribution >= 0.6 is 0 Å². The summed E-state index contributed by atoms with van der Waals surface area (Å²) in [5, 5.41) is 3.33. The maximum atomic E-state index is 12.0. The van der Waals surface area contributed by atoms with Crippen molar-refractivity contribution in [2.75, 3.05) is 31.7 Å². The molecule has 1 amide bonds. The summed E-state index contributed by atoms with van der Waals surface area (Å²) in [5.41, 5.74) is 7.99. The number of nitrogens with two attached hydrogens (primary N) is 1. The molecule has 0 spiro atoms. The standard InChI is InChI=1S/C14H21N3O/c1-17(2)14(18)12-6-5-11(15)9-13(12)16-8-7-10-3-4-10/h5-6,9-10,16H,3-4,7-8,15H2,1-2H3. The van der Waals surface area contributed by atoms with Gasteiger partial charge in [0.15, 0.2) is 0 Å². The Labute approximate surface area is 108 Å². The second-order valence-electron chi connectivity index (χ2n) is 5.16. The van der Waals surface area contributed by atoms with Gasteiger partial charge in [-0.15, -0.1) is 0 Å². The predicted molar refractivity (Wildman–Crippen MR) is 74.7 cm³/mol. The molecule has 1 fully saturated rings. The van der Waals surface area contributed by atoms with Gasteiger partial charge < -0.3 is 16.0 Å². The molecule has 0 radical (unpaired) electrons. The first-order chi connectivity index (χ1) is 8.58. The van der Waals surface area contributed by atoms with Gasteiger partial charge in [-0.3, -0.25) is 4.79 Å². The smallest absolute Gasteiger partial charge is 0.255 e. The third-order valence-corrected chi connectivity index (χ3v) is 3.25. The van der Waals surface area contributed by atoms with Crippen LogP contribution in [-0.2, 0) is 0 Å². The Morgan fingerprint density at radius 3 is 2.78 bits per heavy atom. The molecule has 1 aliphatic carbocycles. The van der Waals surface area contributed by atoms with Crippen molar-refractivity contribution in [3.05, 3.63) is 23.8 Å². The minimum Gasteiger partial charge on any atom is -0.399 e. The van der Waals surface area contributed by atoms with Crippen LogP contribution in [-0.4, -0.2) is 31.4 Å². The van der Waals surface area contributed by atoms with Crippen LogP contribution in [0.2, 0.25) is 0 Å². The van der Waals surface area contributed by atoms with Crippen LogP contribution in [0.1, 0.15) is 29.6 Å². The average Bonchev–Trinajstić information content (AvgIpc) is 3.12. The highest BCUT2D eigenvalue weighted by molar-refractivity contribution is 5.99. The number of hydrogen-bond donors (Lipinski definition) is 2. The topological polar surface area (TPSA) is 58.4 Å². The largest absolute Gasteiger partial charge is 0.399 e. The fourth-order valence-electron chi connectivity index (χ4n) is 1.95. The van der Waals surface area contributed by atoms with Crippen LogP contribution in [0.25, 0.3) is 0 Å². The number of carbonyl (C=O) groups excluding carboxylic acids is 1. The Bertz CT molecular complexity index is 439. The number of carbonyl (C=O) groups is 1. The monoisotopic (exact) mass is 247 g/mol. The highest BCUT2D eigenvalue weighted by atomic mass is 16.2. The van der Waals surface area contributed by atoms with E-state index < -0.39 is 0 Å². The first-order valence-corrected chi connectivity index (χ1v) is 6.43. The summed E-state index contributed by atoms with van der Waals surface area (Å²) < 4.78 is 0. The number of hydrogen-bond acceptors (Lipinski definition) is 3. The summed E-state index contributed by atoms with van der Waals surface area (Å²) >= 11 is 0. The van der Waals surface area contributed by atoms with Gasteiger partial charge in [-0.25, -0.2) is 0 Å². The van der Waals surface area contributed by atoms with Gasteiger partial charge in [-0.1, -0.05) is 12.8 Å². The molecule has 0 atom stereocenters. The minimum atomic E-state index is 0.00363. The molecule has 18 heavy (non-hydrogen) atoms. The number of benzene rings is 1. The Morgan fingerprint density at radius 1 is 1.44 bits per heavy atom. The van der Waals surface area contributed by atoms with E-state index in [1.54, 1.807) is 31.1 Å². The molecular weight excluding hydrogens is 226 g/mol. The van der Waals surface area contributed by atoms with Gasteiger partial charge in [0, 0.05) is 32.0 Å². The molecule has 98 valence electrons. The van der Waals surface area contributed by atoms with Crippen molar-refractivity contribution < 1.29 is 4.79 Å². The average molecular weight is 247 g/mol. The Hall–Kier alpha value is -1.71. The molecule has 1 aliphatic rings. The highest BCUT2D eigenvalue weighted by Crippen LogP contribution is 2.32. The van der Waals surface area contributed by atoms with E-state index in [0.717, 1.165) is 18.2 Å². The molecule has 2 rings (SSSR count). The van der Waals surface area contributed by atoms with E-state index in [1.165, 1.54) is 19.3 Å². The zero-order valence-electron chi connectivity index (χ0n) is 11.1. The maximum Gasteiger partial charge on any atom is 0.255 e. The Balaban J connectivity index is 2.08. The lowest BCUT2D eigenvalue weighted by atomic mass is 10.1. The van der Waals surface area contributed by atoms with Gasteiger partial charge in [-0.2, -0.15) is 0 Å². The van der Waals surface area contributed by atoms with Crippen LogP contribution in [0.3, 0.4) is 0 Å². The second kappa shape index (κ2) is 5.29. The third-order valence-electron chi connectivity index (χ3n) is 3.25. The number of amides is 1. The van der Waals surface area contributed by atoms with Gasteiger partial charge in [0.1, 0.15) is 0 Å². The molecule has 0 unspecified atom stereocenters.